The minimum atomic E-state index is -4.42. The van der Waals surface area contributed by atoms with Gasteiger partial charge in [0.25, 0.3) is 0 Å². The van der Waals surface area contributed by atoms with E-state index in [1.807, 2.05) is 0 Å². The second-order valence-corrected chi connectivity index (χ2v) is 9.45. The first-order valence-corrected chi connectivity index (χ1v) is 12.4. The Hall–Kier alpha value is -3.44. The third kappa shape index (κ3) is 7.08. The SMILES string of the molecule is O=C(Cc1ccc(-c2ccc(C(F)(F)F)cc2)nn1)c1ccc(Oc2cc3c(cc2Cl)C(C(=O)[O-])CCO3)cc1.[Na+]. The van der Waals surface area contributed by atoms with Crippen LogP contribution in [-0.4, -0.2) is 28.6 Å². The number of halogens is 4. The summed E-state index contributed by atoms with van der Waals surface area (Å²) in [6.07, 6.45) is -4.17. The van der Waals surface area contributed by atoms with Crippen molar-refractivity contribution in [3.8, 4) is 28.5 Å². The molecule has 5 rings (SSSR count). The maximum atomic E-state index is 12.8. The fraction of sp³-hybridized carbons (Fsp3) is 0.172. The molecule has 0 N–H and O–H groups in total. The number of hydrogen-bond acceptors (Lipinski definition) is 7. The standard InChI is InChI=1S/C29H20ClF3N2O5.Na/c30-23-14-22-21(28(37)38)11-12-39-26(22)15-27(23)40-20-8-3-17(4-9-20)25(36)13-19-7-10-24(35-34-19)16-1-5-18(6-2-16)29(31,32)33;/h1-10,14-15,21H,11-13H2,(H,37,38);/q;+1/p-1. The molecule has 3 aromatic carbocycles. The van der Waals surface area contributed by atoms with Gasteiger partial charge in [-0.05, 0) is 61.0 Å². The summed E-state index contributed by atoms with van der Waals surface area (Å²) in [5, 5.41) is 19.7. The van der Waals surface area contributed by atoms with Crippen LogP contribution in [0.2, 0.25) is 5.02 Å². The van der Waals surface area contributed by atoms with Gasteiger partial charge < -0.3 is 19.4 Å². The number of hydrogen-bond donors (Lipinski definition) is 0. The van der Waals surface area contributed by atoms with Gasteiger partial charge in [0.2, 0.25) is 0 Å². The van der Waals surface area contributed by atoms with E-state index in [4.69, 9.17) is 21.1 Å². The molecule has 1 aliphatic rings. The van der Waals surface area contributed by atoms with Gasteiger partial charge in [-0.3, -0.25) is 4.79 Å². The zero-order valence-electron chi connectivity index (χ0n) is 21.6. The number of alkyl halides is 3. The average Bonchev–Trinajstić information content (AvgIpc) is 2.93. The predicted molar refractivity (Wildman–Crippen MR) is 136 cm³/mol. The summed E-state index contributed by atoms with van der Waals surface area (Å²) in [4.78, 5) is 24.2. The van der Waals surface area contributed by atoms with Gasteiger partial charge in [0.15, 0.2) is 5.78 Å². The molecule has 0 bridgehead atoms. The molecule has 41 heavy (non-hydrogen) atoms. The van der Waals surface area contributed by atoms with E-state index in [2.05, 4.69) is 10.2 Å². The molecule has 1 atom stereocenters. The van der Waals surface area contributed by atoms with Crippen LogP contribution in [0.15, 0.2) is 72.8 Å². The van der Waals surface area contributed by atoms with E-state index in [-0.39, 0.29) is 65.6 Å². The molecule has 2 heterocycles. The second kappa shape index (κ2) is 12.6. The van der Waals surface area contributed by atoms with Crippen molar-refractivity contribution in [2.75, 3.05) is 6.61 Å². The van der Waals surface area contributed by atoms with Gasteiger partial charge in [0.1, 0.15) is 17.2 Å². The first kappa shape index (κ1) is 30.5. The van der Waals surface area contributed by atoms with Gasteiger partial charge in [-0.2, -0.15) is 23.4 Å². The first-order chi connectivity index (χ1) is 19.1. The van der Waals surface area contributed by atoms with Crippen molar-refractivity contribution in [1.29, 1.82) is 0 Å². The van der Waals surface area contributed by atoms with Crippen LogP contribution in [0.25, 0.3) is 11.3 Å². The molecule has 4 aromatic rings. The minimum Gasteiger partial charge on any atom is -0.549 e. The number of aromatic nitrogens is 2. The quantitative estimate of drug-likeness (QED) is 0.241. The van der Waals surface area contributed by atoms with Gasteiger partial charge in [-0.1, -0.05) is 23.7 Å². The summed E-state index contributed by atoms with van der Waals surface area (Å²) in [7, 11) is 0. The Morgan fingerprint density at radius 2 is 1.71 bits per heavy atom. The van der Waals surface area contributed by atoms with Gasteiger partial charge in [-0.25, -0.2) is 0 Å². The predicted octanol–water partition coefficient (Wildman–Crippen LogP) is 2.65. The van der Waals surface area contributed by atoms with Crippen LogP contribution < -0.4 is 44.1 Å². The molecular formula is C29H19ClF3N2NaO5. The molecule has 1 aromatic heterocycles. The summed E-state index contributed by atoms with van der Waals surface area (Å²) < 4.78 is 49.7. The minimum absolute atomic E-state index is 0. The van der Waals surface area contributed by atoms with Crippen molar-refractivity contribution in [3.05, 3.63) is 100 Å². The van der Waals surface area contributed by atoms with Crippen LogP contribution in [0.5, 0.6) is 17.2 Å². The number of aliphatic carboxylic acids is 1. The van der Waals surface area contributed by atoms with E-state index in [0.29, 0.717) is 39.6 Å². The fourth-order valence-corrected chi connectivity index (χ4v) is 4.46. The molecule has 0 saturated heterocycles. The zero-order valence-corrected chi connectivity index (χ0v) is 24.3. The number of carbonyl (C=O) groups is 2. The van der Waals surface area contributed by atoms with Gasteiger partial charge >= 0.3 is 35.7 Å². The molecule has 204 valence electrons. The first-order valence-electron chi connectivity index (χ1n) is 12.1. The maximum absolute atomic E-state index is 12.8. The number of carboxylic acid groups (broad SMARTS) is 1. The van der Waals surface area contributed by atoms with Crippen molar-refractivity contribution in [1.82, 2.24) is 10.2 Å². The third-order valence-corrected chi connectivity index (χ3v) is 6.66. The number of ketones is 1. The van der Waals surface area contributed by atoms with Crippen molar-refractivity contribution in [3.63, 3.8) is 0 Å². The van der Waals surface area contributed by atoms with Crippen molar-refractivity contribution < 1.29 is 66.9 Å². The largest absolute Gasteiger partial charge is 1.00 e. The number of nitrogens with zero attached hydrogens (tertiary/aromatic N) is 2. The van der Waals surface area contributed by atoms with E-state index < -0.39 is 23.6 Å². The zero-order chi connectivity index (χ0) is 28.4. The Morgan fingerprint density at radius 1 is 1.00 bits per heavy atom. The Labute approximate surface area is 259 Å². The smallest absolute Gasteiger partial charge is 0.549 e. The molecule has 0 saturated carbocycles. The summed E-state index contributed by atoms with van der Waals surface area (Å²) in [6, 6.07) is 17.1. The van der Waals surface area contributed by atoms with Gasteiger partial charge in [0.05, 0.1) is 35.0 Å². The molecule has 0 radical (unpaired) electrons. The Kier molecular flexibility index (Phi) is 9.38. The molecule has 0 fully saturated rings. The maximum Gasteiger partial charge on any atom is 1.00 e. The van der Waals surface area contributed by atoms with E-state index >= 15 is 0 Å². The summed E-state index contributed by atoms with van der Waals surface area (Å²) in [6.45, 7) is 0.228. The van der Waals surface area contributed by atoms with E-state index in [1.54, 1.807) is 36.4 Å². The van der Waals surface area contributed by atoms with Crippen molar-refractivity contribution in [2.45, 2.75) is 24.9 Å². The van der Waals surface area contributed by atoms with E-state index in [0.717, 1.165) is 12.1 Å². The van der Waals surface area contributed by atoms with Crippen molar-refractivity contribution in [2.24, 2.45) is 0 Å². The average molecular weight is 591 g/mol. The number of fused-ring (bicyclic) bond motifs is 1. The van der Waals surface area contributed by atoms with E-state index in [9.17, 15) is 27.9 Å². The number of Topliss-reactive ketones (excluding diaryl/α,β-unsaturated/α-hetero) is 1. The number of rotatable bonds is 7. The molecule has 0 spiro atoms. The Morgan fingerprint density at radius 3 is 2.32 bits per heavy atom. The number of ether oxygens (including phenoxy) is 2. The molecule has 7 nitrogen and oxygen atoms in total. The third-order valence-electron chi connectivity index (χ3n) is 6.36. The van der Waals surface area contributed by atoms with Gasteiger partial charge in [-0.15, -0.1) is 0 Å². The summed E-state index contributed by atoms with van der Waals surface area (Å²) in [5.41, 5.74) is 1.33. The molecule has 0 amide bonds. The Bertz CT molecular complexity index is 1560. The van der Waals surface area contributed by atoms with Gasteiger partial charge in [0, 0.05) is 34.6 Å². The Balaban J connectivity index is 0.00000387. The van der Waals surface area contributed by atoms with E-state index in [1.165, 1.54) is 24.3 Å². The number of carboxylic acids is 1. The monoisotopic (exact) mass is 590 g/mol. The van der Waals surface area contributed by atoms with Crippen LogP contribution in [0, 0.1) is 0 Å². The number of carbonyl (C=O) groups excluding carboxylic acids is 2. The molecule has 1 aliphatic heterocycles. The van der Waals surface area contributed by atoms with Crippen LogP contribution in [0.1, 0.15) is 39.5 Å². The normalized spacial score (nSPS) is 14.3. The van der Waals surface area contributed by atoms with Crippen LogP contribution in [0.4, 0.5) is 13.2 Å². The molecule has 0 aliphatic carbocycles. The topological polar surface area (TPSA) is 101 Å². The van der Waals surface area contributed by atoms with Crippen LogP contribution in [-0.2, 0) is 17.4 Å². The number of benzene rings is 3. The summed E-state index contributed by atoms with van der Waals surface area (Å²) >= 11 is 6.32. The molecule has 12 heteroatoms. The van der Waals surface area contributed by atoms with Crippen LogP contribution >= 0.6 is 11.6 Å². The second-order valence-electron chi connectivity index (χ2n) is 9.04. The molecular weight excluding hydrogens is 572 g/mol. The van der Waals surface area contributed by atoms with Crippen LogP contribution in [0.3, 0.4) is 0 Å². The molecule has 1 unspecified atom stereocenters. The fourth-order valence-electron chi connectivity index (χ4n) is 4.25. The van der Waals surface area contributed by atoms with Crippen molar-refractivity contribution >= 4 is 23.4 Å². The summed E-state index contributed by atoms with van der Waals surface area (Å²) in [5.74, 6) is -1.22.